The number of hydrogen-bond acceptors (Lipinski definition) is 1. The van der Waals surface area contributed by atoms with Crippen LogP contribution in [0.3, 0.4) is 0 Å². The van der Waals surface area contributed by atoms with Gasteiger partial charge in [0.25, 0.3) is 0 Å². The van der Waals surface area contributed by atoms with Gasteiger partial charge in [-0.2, -0.15) is 0 Å². The predicted octanol–water partition coefficient (Wildman–Crippen LogP) is 1.18. The Hall–Kier alpha value is -0.820. The summed E-state index contributed by atoms with van der Waals surface area (Å²) in [6.45, 7) is 0. The monoisotopic (exact) mass is 135 g/mol. The molecule has 1 unspecified atom stereocenters. The third kappa shape index (κ3) is 2.65. The summed E-state index contributed by atoms with van der Waals surface area (Å²) in [6, 6.07) is 0. The first kappa shape index (κ1) is 7.29. The summed E-state index contributed by atoms with van der Waals surface area (Å²) in [5, 5.41) is 10.9. The van der Waals surface area contributed by atoms with Crippen molar-refractivity contribution in [3.63, 3.8) is 0 Å². The highest BCUT2D eigenvalue weighted by Crippen LogP contribution is 1.97. The quantitative estimate of drug-likeness (QED) is 0.457. The Kier molecular flexibility index (Phi) is 2.97. The van der Waals surface area contributed by atoms with Gasteiger partial charge >= 0.3 is 0 Å². The van der Waals surface area contributed by atoms with Crippen molar-refractivity contribution in [2.45, 2.75) is 18.9 Å². The van der Waals surface area contributed by atoms with Crippen LogP contribution in [0.1, 0.15) is 12.8 Å². The molecule has 0 aliphatic heterocycles. The van der Waals surface area contributed by atoms with E-state index in [0.29, 0.717) is 6.42 Å². The van der Waals surface area contributed by atoms with E-state index in [4.69, 9.17) is 0 Å². The van der Waals surface area contributed by atoms with Crippen molar-refractivity contribution < 1.29 is 5.11 Å². The SMILES string of the molecule is [O-]C1/C=C\C=C/C/C=C\C1. The summed E-state index contributed by atoms with van der Waals surface area (Å²) in [6.07, 6.45) is 12.4. The van der Waals surface area contributed by atoms with Gasteiger partial charge < -0.3 is 5.11 Å². The molecule has 0 amide bonds. The van der Waals surface area contributed by atoms with Gasteiger partial charge in [-0.25, -0.2) is 0 Å². The minimum atomic E-state index is -0.556. The summed E-state index contributed by atoms with van der Waals surface area (Å²) >= 11 is 0. The second-order valence-electron chi connectivity index (χ2n) is 2.29. The highest BCUT2D eigenvalue weighted by molar-refractivity contribution is 5.09. The van der Waals surface area contributed by atoms with Crippen LogP contribution in [0.15, 0.2) is 36.5 Å². The zero-order valence-electron chi connectivity index (χ0n) is 5.86. The molecular formula is C9H11O-. The molecule has 0 bridgehead atoms. The third-order valence-corrected chi connectivity index (χ3v) is 1.38. The number of hydrogen-bond donors (Lipinski definition) is 0. The van der Waals surface area contributed by atoms with Gasteiger partial charge in [0.15, 0.2) is 0 Å². The molecule has 0 saturated carbocycles. The van der Waals surface area contributed by atoms with Crippen LogP contribution < -0.4 is 5.11 Å². The van der Waals surface area contributed by atoms with Crippen LogP contribution in [0, 0.1) is 0 Å². The maximum absolute atomic E-state index is 10.9. The fourth-order valence-corrected chi connectivity index (χ4v) is 0.829. The number of rotatable bonds is 0. The topological polar surface area (TPSA) is 23.1 Å². The van der Waals surface area contributed by atoms with Crippen molar-refractivity contribution in [3.05, 3.63) is 36.5 Å². The van der Waals surface area contributed by atoms with Crippen LogP contribution in [0.4, 0.5) is 0 Å². The molecule has 1 nitrogen and oxygen atoms in total. The van der Waals surface area contributed by atoms with Gasteiger partial charge in [-0.1, -0.05) is 36.5 Å². The van der Waals surface area contributed by atoms with E-state index in [1.807, 2.05) is 30.4 Å². The summed E-state index contributed by atoms with van der Waals surface area (Å²) in [5.41, 5.74) is 0. The van der Waals surface area contributed by atoms with Crippen LogP contribution in [0.25, 0.3) is 0 Å². The second-order valence-corrected chi connectivity index (χ2v) is 2.29. The Bertz CT molecular complexity index is 166. The van der Waals surface area contributed by atoms with Gasteiger partial charge in [0.1, 0.15) is 0 Å². The molecule has 1 atom stereocenters. The average Bonchev–Trinajstić information content (AvgIpc) is 2.02. The van der Waals surface area contributed by atoms with Crippen LogP contribution >= 0.6 is 0 Å². The van der Waals surface area contributed by atoms with Crippen LogP contribution in [-0.4, -0.2) is 6.10 Å². The van der Waals surface area contributed by atoms with Crippen LogP contribution in [0.5, 0.6) is 0 Å². The van der Waals surface area contributed by atoms with Gasteiger partial charge in [-0.3, -0.25) is 0 Å². The molecule has 0 saturated heterocycles. The molecule has 54 valence electrons. The zero-order chi connectivity index (χ0) is 7.23. The Morgan fingerprint density at radius 2 is 2.00 bits per heavy atom. The fourth-order valence-electron chi connectivity index (χ4n) is 0.829. The molecule has 0 radical (unpaired) electrons. The molecule has 0 aromatic heterocycles. The molecule has 0 aromatic carbocycles. The predicted molar refractivity (Wildman–Crippen MR) is 40.4 cm³/mol. The van der Waals surface area contributed by atoms with Crippen LogP contribution in [-0.2, 0) is 0 Å². The molecule has 0 spiro atoms. The normalized spacial score (nSPS) is 35.1. The maximum Gasteiger partial charge on any atom is -0.0166 e. The van der Waals surface area contributed by atoms with E-state index >= 15 is 0 Å². The molecule has 1 heteroatoms. The molecule has 0 aromatic rings. The Morgan fingerprint density at radius 1 is 1.10 bits per heavy atom. The Balaban J connectivity index is 2.54. The minimum Gasteiger partial charge on any atom is -0.849 e. The van der Waals surface area contributed by atoms with Crippen molar-refractivity contribution in [1.29, 1.82) is 0 Å². The highest BCUT2D eigenvalue weighted by atomic mass is 16.3. The fraction of sp³-hybridized carbons (Fsp3) is 0.333. The lowest BCUT2D eigenvalue weighted by atomic mass is 10.2. The van der Waals surface area contributed by atoms with E-state index in [1.54, 1.807) is 6.08 Å². The summed E-state index contributed by atoms with van der Waals surface area (Å²) in [7, 11) is 0. The molecule has 0 N–H and O–H groups in total. The largest absolute Gasteiger partial charge is 0.849 e. The van der Waals surface area contributed by atoms with Crippen molar-refractivity contribution in [2.24, 2.45) is 0 Å². The van der Waals surface area contributed by atoms with E-state index in [2.05, 4.69) is 0 Å². The van der Waals surface area contributed by atoms with Gasteiger partial charge in [0, 0.05) is 0 Å². The highest BCUT2D eigenvalue weighted by Gasteiger charge is 1.83. The van der Waals surface area contributed by atoms with Crippen molar-refractivity contribution in [3.8, 4) is 0 Å². The standard InChI is InChI=1S/C9H11O/c10-9-7-5-3-1-2-4-6-8-9/h1,3-7,9H,2,8H2/q-1/b3-1-,6-4-,7-5-. The summed E-state index contributed by atoms with van der Waals surface area (Å²) in [5.74, 6) is 0. The van der Waals surface area contributed by atoms with E-state index < -0.39 is 6.10 Å². The average molecular weight is 135 g/mol. The lowest BCUT2D eigenvalue weighted by molar-refractivity contribution is -0.401. The first-order valence-electron chi connectivity index (χ1n) is 3.54. The lowest BCUT2D eigenvalue weighted by Crippen LogP contribution is -2.20. The van der Waals surface area contributed by atoms with Gasteiger partial charge in [-0.05, 0) is 12.8 Å². The van der Waals surface area contributed by atoms with Crippen LogP contribution in [0.2, 0.25) is 0 Å². The molecule has 1 aliphatic rings. The van der Waals surface area contributed by atoms with E-state index in [0.717, 1.165) is 6.42 Å². The first-order chi connectivity index (χ1) is 4.89. The lowest BCUT2D eigenvalue weighted by Gasteiger charge is -2.13. The van der Waals surface area contributed by atoms with Crippen molar-refractivity contribution in [2.75, 3.05) is 0 Å². The van der Waals surface area contributed by atoms with E-state index in [-0.39, 0.29) is 0 Å². The molecule has 1 aliphatic carbocycles. The molecule has 10 heavy (non-hydrogen) atoms. The minimum absolute atomic E-state index is 0.556. The summed E-state index contributed by atoms with van der Waals surface area (Å²) in [4.78, 5) is 0. The summed E-state index contributed by atoms with van der Waals surface area (Å²) < 4.78 is 0. The van der Waals surface area contributed by atoms with E-state index in [1.165, 1.54) is 0 Å². The maximum atomic E-state index is 10.9. The zero-order valence-corrected chi connectivity index (χ0v) is 5.86. The molecule has 1 rings (SSSR count). The van der Waals surface area contributed by atoms with Crippen molar-refractivity contribution in [1.82, 2.24) is 0 Å². The molecular weight excluding hydrogens is 124 g/mol. The first-order valence-corrected chi connectivity index (χ1v) is 3.54. The Labute approximate surface area is 61.4 Å². The second kappa shape index (κ2) is 4.07. The Morgan fingerprint density at radius 3 is 2.90 bits per heavy atom. The van der Waals surface area contributed by atoms with Gasteiger partial charge in [0.2, 0.25) is 0 Å². The third-order valence-electron chi connectivity index (χ3n) is 1.38. The van der Waals surface area contributed by atoms with Gasteiger partial charge in [0.05, 0.1) is 0 Å². The van der Waals surface area contributed by atoms with Crippen molar-refractivity contribution >= 4 is 0 Å². The van der Waals surface area contributed by atoms with E-state index in [9.17, 15) is 5.11 Å². The number of allylic oxidation sites excluding steroid dienone is 4. The molecule has 0 fully saturated rings. The smallest absolute Gasteiger partial charge is 0.0166 e. The van der Waals surface area contributed by atoms with Gasteiger partial charge in [-0.15, -0.1) is 6.10 Å². The molecule has 0 heterocycles.